The van der Waals surface area contributed by atoms with E-state index in [-0.39, 0.29) is 10.9 Å². The molecule has 2 aromatic carbocycles. The fourth-order valence-corrected chi connectivity index (χ4v) is 2.48. The number of rotatable bonds is 3. The number of halogens is 2. The van der Waals surface area contributed by atoms with E-state index in [1.54, 1.807) is 36.5 Å². The van der Waals surface area contributed by atoms with Crippen LogP contribution >= 0.6 is 23.2 Å². The van der Waals surface area contributed by atoms with Crippen LogP contribution in [0.3, 0.4) is 0 Å². The lowest BCUT2D eigenvalue weighted by Gasteiger charge is -2.08. The van der Waals surface area contributed by atoms with E-state index >= 15 is 0 Å². The molecule has 0 saturated carbocycles. The average molecular weight is 347 g/mol. The maximum atomic E-state index is 12.3. The molecule has 0 aliphatic rings. The minimum atomic E-state index is -0.323. The summed E-state index contributed by atoms with van der Waals surface area (Å²) in [5, 5.41) is 3.35. The molecule has 5 nitrogen and oxygen atoms in total. The molecule has 4 N–H and O–H groups in total. The first-order valence-electron chi connectivity index (χ1n) is 6.71. The van der Waals surface area contributed by atoms with Gasteiger partial charge in [-0.1, -0.05) is 41.4 Å². The van der Waals surface area contributed by atoms with Crippen LogP contribution in [0, 0.1) is 0 Å². The van der Waals surface area contributed by atoms with Crippen molar-refractivity contribution in [1.29, 1.82) is 0 Å². The molecule has 7 heteroatoms. The first kappa shape index (κ1) is 15.4. The number of imidazole rings is 1. The number of carbonyl (C=O) groups excluding carboxylic acids is 1. The summed E-state index contributed by atoms with van der Waals surface area (Å²) in [5.74, 6) is 0.0315. The molecule has 1 heterocycles. The Morgan fingerprint density at radius 3 is 2.52 bits per heavy atom. The molecule has 1 aromatic heterocycles. The van der Waals surface area contributed by atoms with Crippen LogP contribution in [0.5, 0.6) is 0 Å². The van der Waals surface area contributed by atoms with Crippen LogP contribution in [0.4, 0.5) is 11.6 Å². The van der Waals surface area contributed by atoms with Crippen molar-refractivity contribution in [2.45, 2.75) is 0 Å². The molecule has 0 unspecified atom stereocenters. The van der Waals surface area contributed by atoms with Crippen molar-refractivity contribution in [3.63, 3.8) is 0 Å². The van der Waals surface area contributed by atoms with Gasteiger partial charge in [0.15, 0.2) is 5.95 Å². The summed E-state index contributed by atoms with van der Waals surface area (Å²) in [4.78, 5) is 19.1. The maximum absolute atomic E-state index is 12.3. The van der Waals surface area contributed by atoms with Gasteiger partial charge < -0.3 is 16.0 Å². The van der Waals surface area contributed by atoms with Crippen LogP contribution in [0.2, 0.25) is 10.0 Å². The Morgan fingerprint density at radius 1 is 1.13 bits per heavy atom. The largest absolute Gasteiger partial charge is 0.369 e. The number of hydrogen-bond acceptors (Lipinski definition) is 3. The quantitative estimate of drug-likeness (QED) is 0.663. The van der Waals surface area contributed by atoms with Gasteiger partial charge in [0.25, 0.3) is 5.91 Å². The molecule has 0 fully saturated rings. The third-order valence-corrected chi connectivity index (χ3v) is 4.06. The van der Waals surface area contributed by atoms with Gasteiger partial charge >= 0.3 is 0 Å². The first-order chi connectivity index (χ1) is 11.0. The van der Waals surface area contributed by atoms with Crippen LogP contribution in [-0.4, -0.2) is 15.9 Å². The van der Waals surface area contributed by atoms with Gasteiger partial charge in [-0.25, -0.2) is 4.98 Å². The number of benzene rings is 2. The van der Waals surface area contributed by atoms with Crippen molar-refractivity contribution >= 4 is 40.7 Å². The lowest BCUT2D eigenvalue weighted by atomic mass is 10.1. The fraction of sp³-hybridized carbons (Fsp3) is 0. The summed E-state index contributed by atoms with van der Waals surface area (Å²) in [6, 6.07) is 12.2. The van der Waals surface area contributed by atoms with Gasteiger partial charge in [-0.15, -0.1) is 0 Å². The topological polar surface area (TPSA) is 83.8 Å². The Kier molecular flexibility index (Phi) is 4.23. The van der Waals surface area contributed by atoms with Gasteiger partial charge in [-0.2, -0.15) is 0 Å². The van der Waals surface area contributed by atoms with Crippen LogP contribution < -0.4 is 11.1 Å². The third-order valence-electron chi connectivity index (χ3n) is 3.25. The smallest absolute Gasteiger partial charge is 0.257 e. The van der Waals surface area contributed by atoms with E-state index in [1.165, 1.54) is 0 Å². The molecule has 0 aliphatic carbocycles. The standard InChI is InChI=1S/C16H12Cl2N4O/c17-12-3-1-2-11(14(12)18)15(23)21-10-6-4-9(5-7-10)13-8-20-16(19)22-13/h1-8H,(H,21,23)(H3,19,20,22). The van der Waals surface area contributed by atoms with E-state index in [2.05, 4.69) is 15.3 Å². The molecule has 0 bridgehead atoms. The van der Waals surface area contributed by atoms with Crippen LogP contribution in [0.15, 0.2) is 48.7 Å². The van der Waals surface area contributed by atoms with Crippen molar-refractivity contribution in [3.8, 4) is 11.3 Å². The van der Waals surface area contributed by atoms with Crippen molar-refractivity contribution in [3.05, 3.63) is 64.3 Å². The fourth-order valence-electron chi connectivity index (χ4n) is 2.09. The Bertz CT molecular complexity index is 859. The Labute approximate surface area is 142 Å². The second-order valence-corrected chi connectivity index (χ2v) is 5.60. The summed E-state index contributed by atoms with van der Waals surface area (Å²) in [6.07, 6.45) is 1.65. The third kappa shape index (κ3) is 3.31. The molecule has 0 radical (unpaired) electrons. The molecule has 0 saturated heterocycles. The summed E-state index contributed by atoms with van der Waals surface area (Å²) >= 11 is 12.0. The molecule has 3 aromatic rings. The predicted octanol–water partition coefficient (Wildman–Crippen LogP) is 4.22. The number of aromatic nitrogens is 2. The van der Waals surface area contributed by atoms with E-state index in [4.69, 9.17) is 28.9 Å². The van der Waals surface area contributed by atoms with Crippen molar-refractivity contribution in [2.75, 3.05) is 11.1 Å². The molecule has 23 heavy (non-hydrogen) atoms. The lowest BCUT2D eigenvalue weighted by molar-refractivity contribution is 0.102. The Hall–Kier alpha value is -2.50. The van der Waals surface area contributed by atoms with Crippen LogP contribution in [0.25, 0.3) is 11.3 Å². The van der Waals surface area contributed by atoms with Crippen LogP contribution in [-0.2, 0) is 0 Å². The highest BCUT2D eigenvalue weighted by Gasteiger charge is 2.12. The molecular formula is C16H12Cl2N4O. The highest BCUT2D eigenvalue weighted by molar-refractivity contribution is 6.44. The zero-order valence-electron chi connectivity index (χ0n) is 11.8. The number of carbonyl (C=O) groups is 1. The monoisotopic (exact) mass is 346 g/mol. The minimum Gasteiger partial charge on any atom is -0.369 e. The summed E-state index contributed by atoms with van der Waals surface area (Å²) in [5.41, 5.74) is 8.23. The Morgan fingerprint density at radius 2 is 1.87 bits per heavy atom. The van der Waals surface area contributed by atoms with Gasteiger partial charge in [0.05, 0.1) is 27.5 Å². The van der Waals surface area contributed by atoms with Gasteiger partial charge in [0, 0.05) is 5.69 Å². The molecule has 0 aliphatic heterocycles. The van der Waals surface area contributed by atoms with Crippen LogP contribution in [0.1, 0.15) is 10.4 Å². The summed E-state index contributed by atoms with van der Waals surface area (Å²) in [7, 11) is 0. The maximum Gasteiger partial charge on any atom is 0.257 e. The van der Waals surface area contributed by atoms with E-state index < -0.39 is 0 Å². The highest BCUT2D eigenvalue weighted by atomic mass is 35.5. The highest BCUT2D eigenvalue weighted by Crippen LogP contribution is 2.26. The van der Waals surface area contributed by atoms with Crippen molar-refractivity contribution in [1.82, 2.24) is 9.97 Å². The zero-order valence-corrected chi connectivity index (χ0v) is 13.3. The van der Waals surface area contributed by atoms with E-state index in [0.717, 1.165) is 11.3 Å². The lowest BCUT2D eigenvalue weighted by Crippen LogP contribution is -2.12. The zero-order chi connectivity index (χ0) is 16.4. The normalized spacial score (nSPS) is 10.5. The van der Waals surface area contributed by atoms with E-state index in [0.29, 0.717) is 22.2 Å². The SMILES string of the molecule is Nc1ncc(-c2ccc(NC(=O)c3cccc(Cl)c3Cl)cc2)[nH]1. The van der Waals surface area contributed by atoms with E-state index in [9.17, 15) is 4.79 Å². The summed E-state index contributed by atoms with van der Waals surface area (Å²) in [6.45, 7) is 0. The number of anilines is 2. The number of amides is 1. The molecule has 1 amide bonds. The summed E-state index contributed by atoms with van der Waals surface area (Å²) < 4.78 is 0. The van der Waals surface area contributed by atoms with Gasteiger partial charge in [-0.05, 0) is 29.8 Å². The van der Waals surface area contributed by atoms with Gasteiger partial charge in [0.2, 0.25) is 0 Å². The molecular weight excluding hydrogens is 335 g/mol. The number of nitrogens with one attached hydrogen (secondary N) is 2. The number of H-pyrrole nitrogens is 1. The molecule has 0 atom stereocenters. The number of aromatic amines is 1. The van der Waals surface area contributed by atoms with Crippen molar-refractivity contribution in [2.24, 2.45) is 0 Å². The minimum absolute atomic E-state index is 0.233. The second-order valence-electron chi connectivity index (χ2n) is 4.81. The number of hydrogen-bond donors (Lipinski definition) is 3. The Balaban J connectivity index is 1.78. The second kappa shape index (κ2) is 6.32. The molecule has 116 valence electrons. The van der Waals surface area contributed by atoms with Crippen molar-refractivity contribution < 1.29 is 4.79 Å². The number of nitrogens with two attached hydrogens (primary N) is 1. The molecule has 3 rings (SSSR count). The number of nitrogen functional groups attached to an aromatic ring is 1. The average Bonchev–Trinajstić information content (AvgIpc) is 2.97. The predicted molar refractivity (Wildman–Crippen MR) is 92.9 cm³/mol. The van der Waals surface area contributed by atoms with E-state index in [1.807, 2.05) is 12.1 Å². The number of nitrogens with zero attached hydrogens (tertiary/aromatic N) is 1. The first-order valence-corrected chi connectivity index (χ1v) is 7.46. The van der Waals surface area contributed by atoms with Gasteiger partial charge in [0.1, 0.15) is 0 Å². The van der Waals surface area contributed by atoms with Gasteiger partial charge in [-0.3, -0.25) is 4.79 Å². The molecule has 0 spiro atoms.